The molecule has 0 radical (unpaired) electrons. The number of benzene rings is 5. The van der Waals surface area contributed by atoms with Gasteiger partial charge in [0.15, 0.2) is 5.78 Å². The first-order chi connectivity index (χ1) is 24.8. The van der Waals surface area contributed by atoms with Crippen LogP contribution in [0.4, 0.5) is 5.69 Å². The zero-order valence-electron chi connectivity index (χ0n) is 28.2. The summed E-state index contributed by atoms with van der Waals surface area (Å²) < 4.78 is 16.0. The SMILES string of the molecule is COC(=O)c1cccc(N2C(=O)[C@H]3[C@H](C2=O)[C@]2(c4ccccc4)C(=O)[C@]3(c3ccccc3)C(c3ccc(OC)cc3)=C2c2ccc(OC)cc2)c1. The molecule has 0 N–H and O–H groups in total. The minimum atomic E-state index is -1.58. The lowest BCUT2D eigenvalue weighted by molar-refractivity contribution is -0.130. The number of esters is 1. The van der Waals surface area contributed by atoms with Crippen LogP contribution in [0.25, 0.3) is 11.1 Å². The van der Waals surface area contributed by atoms with E-state index in [1.54, 1.807) is 32.4 Å². The van der Waals surface area contributed by atoms with E-state index in [0.29, 0.717) is 33.8 Å². The Morgan fingerprint density at radius 3 is 1.43 bits per heavy atom. The van der Waals surface area contributed by atoms with Gasteiger partial charge in [0, 0.05) is 0 Å². The Morgan fingerprint density at radius 2 is 1.02 bits per heavy atom. The normalized spacial score (nSPS) is 23.4. The highest BCUT2D eigenvalue weighted by molar-refractivity contribution is 6.39. The fourth-order valence-electron chi connectivity index (χ4n) is 8.78. The van der Waals surface area contributed by atoms with Crippen LogP contribution in [0.3, 0.4) is 0 Å². The molecule has 2 fully saturated rings. The zero-order chi connectivity index (χ0) is 35.5. The van der Waals surface area contributed by atoms with Gasteiger partial charge in [0.25, 0.3) is 0 Å². The number of amides is 2. The molecule has 8 rings (SSSR count). The molecular formula is C43H33NO7. The van der Waals surface area contributed by atoms with Crippen LogP contribution in [0.2, 0.25) is 0 Å². The summed E-state index contributed by atoms with van der Waals surface area (Å²) in [6.45, 7) is 0. The molecule has 1 saturated heterocycles. The van der Waals surface area contributed by atoms with Crippen LogP contribution < -0.4 is 14.4 Å². The third-order valence-corrected chi connectivity index (χ3v) is 10.7. The number of carbonyl (C=O) groups excluding carboxylic acids is 4. The van der Waals surface area contributed by atoms with Gasteiger partial charge in [-0.15, -0.1) is 0 Å². The number of Topliss-reactive ketones (excluding diaryl/α,β-unsaturated/α-hetero) is 1. The molecule has 1 aliphatic heterocycles. The van der Waals surface area contributed by atoms with Gasteiger partial charge in [-0.3, -0.25) is 14.4 Å². The first kappa shape index (κ1) is 32.0. The van der Waals surface area contributed by atoms with Crippen LogP contribution in [-0.4, -0.2) is 44.9 Å². The highest BCUT2D eigenvalue weighted by atomic mass is 16.5. The van der Waals surface area contributed by atoms with Crippen LogP contribution in [0, 0.1) is 11.8 Å². The van der Waals surface area contributed by atoms with Gasteiger partial charge < -0.3 is 14.2 Å². The average molecular weight is 676 g/mol. The van der Waals surface area contributed by atoms with Crippen LogP contribution in [0.15, 0.2) is 133 Å². The lowest BCUT2D eigenvalue weighted by Gasteiger charge is -2.39. The molecule has 0 aromatic heterocycles. The molecule has 2 bridgehead atoms. The molecule has 1 heterocycles. The molecule has 0 unspecified atom stereocenters. The molecule has 5 aromatic rings. The van der Waals surface area contributed by atoms with Gasteiger partial charge in [0.2, 0.25) is 11.8 Å². The van der Waals surface area contributed by atoms with Crippen LogP contribution in [0.5, 0.6) is 11.5 Å². The number of methoxy groups -OCH3 is 3. The first-order valence-corrected chi connectivity index (χ1v) is 16.6. The number of ketones is 1. The van der Waals surface area contributed by atoms with Crippen molar-refractivity contribution < 1.29 is 33.4 Å². The van der Waals surface area contributed by atoms with E-state index < -0.39 is 40.4 Å². The summed E-state index contributed by atoms with van der Waals surface area (Å²) in [7, 11) is 4.45. The van der Waals surface area contributed by atoms with Crippen molar-refractivity contribution in [2.24, 2.45) is 11.8 Å². The van der Waals surface area contributed by atoms with Crippen molar-refractivity contribution in [3.05, 3.63) is 161 Å². The van der Waals surface area contributed by atoms with E-state index in [1.165, 1.54) is 13.2 Å². The second-order valence-electron chi connectivity index (χ2n) is 12.9. The Bertz CT molecular complexity index is 2120. The van der Waals surface area contributed by atoms with Crippen LogP contribution in [-0.2, 0) is 30.0 Å². The predicted molar refractivity (Wildman–Crippen MR) is 191 cm³/mol. The fourth-order valence-corrected chi connectivity index (χ4v) is 8.78. The number of nitrogens with zero attached hydrogens (tertiary/aromatic N) is 1. The molecule has 4 atom stereocenters. The molecule has 2 aliphatic carbocycles. The van der Waals surface area contributed by atoms with Crippen LogP contribution in [0.1, 0.15) is 32.6 Å². The van der Waals surface area contributed by atoms with Crippen molar-refractivity contribution in [2.75, 3.05) is 26.2 Å². The van der Waals surface area contributed by atoms with Gasteiger partial charge in [0.1, 0.15) is 11.5 Å². The molecule has 0 spiro atoms. The van der Waals surface area contributed by atoms with Gasteiger partial charge >= 0.3 is 5.97 Å². The summed E-state index contributed by atoms with van der Waals surface area (Å²) in [5.74, 6) is -2.81. The number of anilines is 1. The second-order valence-corrected chi connectivity index (χ2v) is 12.9. The standard InChI is InChI=1S/C43H33NO7/c1-49-32-21-17-26(18-22-32)34-35(27-19-23-33(50-2)24-20-27)43(30-14-8-5-9-15-30)37-36(42(34,41(43)48)29-12-6-4-7-13-29)38(45)44(39(37)46)31-16-10-11-28(25-31)40(47)51-3/h4-25,36-37H,1-3H3/t36-,37-,42-,43-/m1/s1. The summed E-state index contributed by atoms with van der Waals surface area (Å²) in [5, 5.41) is 0. The maximum absolute atomic E-state index is 16.1. The van der Waals surface area contributed by atoms with E-state index in [-0.39, 0.29) is 17.0 Å². The molecule has 51 heavy (non-hydrogen) atoms. The molecule has 2 amide bonds. The van der Waals surface area contributed by atoms with Crippen molar-refractivity contribution in [1.29, 1.82) is 0 Å². The summed E-state index contributed by atoms with van der Waals surface area (Å²) in [5.41, 5.74) is 1.26. The lowest BCUT2D eigenvalue weighted by atomic mass is 9.59. The lowest BCUT2D eigenvalue weighted by Crippen LogP contribution is -2.45. The van der Waals surface area contributed by atoms with Crippen molar-refractivity contribution in [3.8, 4) is 11.5 Å². The van der Waals surface area contributed by atoms with Gasteiger partial charge in [-0.25, -0.2) is 9.69 Å². The number of hydrogen-bond acceptors (Lipinski definition) is 7. The highest BCUT2D eigenvalue weighted by Crippen LogP contribution is 2.74. The Balaban J connectivity index is 1.51. The minimum Gasteiger partial charge on any atom is -0.497 e. The Hall–Kier alpha value is -6.28. The van der Waals surface area contributed by atoms with Crippen LogP contribution >= 0.6 is 0 Å². The highest BCUT2D eigenvalue weighted by Gasteiger charge is 2.82. The van der Waals surface area contributed by atoms with E-state index in [4.69, 9.17) is 14.2 Å². The summed E-state index contributed by atoms with van der Waals surface area (Å²) in [6.07, 6.45) is 0. The zero-order valence-corrected chi connectivity index (χ0v) is 28.2. The van der Waals surface area contributed by atoms with Gasteiger partial charge in [-0.05, 0) is 75.9 Å². The number of imide groups is 1. The third kappa shape index (κ3) is 4.26. The largest absolute Gasteiger partial charge is 0.497 e. The predicted octanol–water partition coefficient (Wildman–Crippen LogP) is 6.68. The molecule has 3 aliphatic rings. The van der Waals surface area contributed by atoms with Gasteiger partial charge in [0.05, 0.1) is 55.2 Å². The van der Waals surface area contributed by atoms with E-state index >= 15 is 14.4 Å². The topological polar surface area (TPSA) is 99.2 Å². The number of carbonyl (C=O) groups is 4. The molecular weight excluding hydrogens is 642 g/mol. The monoisotopic (exact) mass is 675 g/mol. The van der Waals surface area contributed by atoms with Crippen molar-refractivity contribution in [2.45, 2.75) is 10.8 Å². The first-order valence-electron chi connectivity index (χ1n) is 16.6. The van der Waals surface area contributed by atoms with Gasteiger partial charge in [-0.1, -0.05) is 91.0 Å². The van der Waals surface area contributed by atoms with Gasteiger partial charge in [-0.2, -0.15) is 0 Å². The number of rotatable bonds is 8. The molecule has 5 aromatic carbocycles. The van der Waals surface area contributed by atoms with E-state index in [9.17, 15) is 4.79 Å². The second kappa shape index (κ2) is 11.9. The van der Waals surface area contributed by atoms with E-state index in [2.05, 4.69) is 0 Å². The fraction of sp³-hybridized carbons (Fsp3) is 0.163. The Morgan fingerprint density at radius 1 is 0.569 bits per heavy atom. The maximum Gasteiger partial charge on any atom is 0.337 e. The third-order valence-electron chi connectivity index (χ3n) is 10.7. The van der Waals surface area contributed by atoms with E-state index in [1.807, 2.05) is 109 Å². The number of allylic oxidation sites excluding steroid dienone is 2. The summed E-state index contributed by atoms with van der Waals surface area (Å²) in [4.78, 5) is 60.3. The van der Waals surface area contributed by atoms with E-state index in [0.717, 1.165) is 16.0 Å². The minimum absolute atomic E-state index is 0.193. The molecule has 1 saturated carbocycles. The quantitative estimate of drug-likeness (QED) is 0.134. The van der Waals surface area contributed by atoms with Crippen molar-refractivity contribution in [3.63, 3.8) is 0 Å². The number of fused-ring (bicyclic) bond motifs is 5. The number of ether oxygens (including phenoxy) is 3. The maximum atomic E-state index is 16.1. The number of hydrogen-bond donors (Lipinski definition) is 0. The summed E-state index contributed by atoms with van der Waals surface area (Å²) >= 11 is 0. The summed E-state index contributed by atoms with van der Waals surface area (Å²) in [6, 6.07) is 39.9. The van der Waals surface area contributed by atoms with Crippen molar-refractivity contribution in [1.82, 2.24) is 0 Å². The average Bonchev–Trinajstić information content (AvgIpc) is 3.70. The molecule has 252 valence electrons. The molecule has 8 heteroatoms. The smallest absolute Gasteiger partial charge is 0.337 e. The Labute approximate surface area is 294 Å². The van der Waals surface area contributed by atoms with Crippen molar-refractivity contribution >= 4 is 40.4 Å². The molecule has 8 nitrogen and oxygen atoms in total. The Kier molecular flexibility index (Phi) is 7.49.